The second-order valence-electron chi connectivity index (χ2n) is 2.43. The first-order chi connectivity index (χ1) is 6.06. The van der Waals surface area contributed by atoms with Crippen LogP contribution in [0.4, 0.5) is 8.78 Å². The molecule has 0 aliphatic carbocycles. The highest BCUT2D eigenvalue weighted by molar-refractivity contribution is 9.10. The van der Waals surface area contributed by atoms with Gasteiger partial charge in [0.05, 0.1) is 10.2 Å². The van der Waals surface area contributed by atoms with Crippen molar-refractivity contribution in [3.8, 4) is 6.07 Å². The van der Waals surface area contributed by atoms with Crippen LogP contribution in [0.15, 0.2) is 4.47 Å². The normalized spacial score (nSPS) is 10.5. The summed E-state index contributed by atoms with van der Waals surface area (Å²) in [6, 6.07) is 1.81. The first-order valence-electron chi connectivity index (χ1n) is 3.47. The maximum atomic E-state index is 12.0. The number of aromatic nitrogens is 2. The second kappa shape index (κ2) is 3.83. The number of halogens is 3. The summed E-state index contributed by atoms with van der Waals surface area (Å²) in [7, 11) is 0. The molecule has 70 valence electrons. The molecule has 0 spiro atoms. The molecule has 1 heterocycles. The zero-order valence-electron chi connectivity index (χ0n) is 6.76. The van der Waals surface area contributed by atoms with Gasteiger partial charge in [-0.05, 0) is 22.9 Å². The first kappa shape index (κ1) is 10.1. The van der Waals surface area contributed by atoms with Crippen molar-refractivity contribution in [3.63, 3.8) is 0 Å². The molecule has 6 heteroatoms. The van der Waals surface area contributed by atoms with Crippen LogP contribution < -0.4 is 0 Å². The Balaban J connectivity index is 3.08. The van der Waals surface area contributed by atoms with Gasteiger partial charge in [0.15, 0.2) is 5.69 Å². The standard InChI is InChI=1S/C7H6BrF2N3/c1-4-7(8)5(2-11)13(12-4)3-6(9)10/h6H,3H2,1H3. The van der Waals surface area contributed by atoms with Crippen LogP contribution in [-0.2, 0) is 6.54 Å². The Morgan fingerprint density at radius 3 is 2.77 bits per heavy atom. The molecule has 1 aromatic rings. The summed E-state index contributed by atoms with van der Waals surface area (Å²) >= 11 is 3.10. The Hall–Kier alpha value is -0.960. The van der Waals surface area contributed by atoms with E-state index in [9.17, 15) is 8.78 Å². The van der Waals surface area contributed by atoms with Gasteiger partial charge in [-0.1, -0.05) is 0 Å². The molecule has 0 aliphatic rings. The van der Waals surface area contributed by atoms with Gasteiger partial charge >= 0.3 is 0 Å². The van der Waals surface area contributed by atoms with E-state index in [4.69, 9.17) is 5.26 Å². The van der Waals surface area contributed by atoms with Gasteiger partial charge in [-0.2, -0.15) is 10.4 Å². The zero-order valence-corrected chi connectivity index (χ0v) is 8.35. The molecular weight excluding hydrogens is 244 g/mol. The van der Waals surface area contributed by atoms with Gasteiger partial charge < -0.3 is 0 Å². The molecule has 0 radical (unpaired) electrons. The van der Waals surface area contributed by atoms with Crippen LogP contribution in [0.2, 0.25) is 0 Å². The van der Waals surface area contributed by atoms with Crippen LogP contribution in [0.5, 0.6) is 0 Å². The summed E-state index contributed by atoms with van der Waals surface area (Å²) in [5.41, 5.74) is 0.676. The average Bonchev–Trinajstić information content (AvgIpc) is 2.27. The summed E-state index contributed by atoms with van der Waals surface area (Å²) < 4.78 is 25.5. The number of hydrogen-bond acceptors (Lipinski definition) is 2. The summed E-state index contributed by atoms with van der Waals surface area (Å²) in [6.07, 6.45) is -2.50. The van der Waals surface area contributed by atoms with E-state index in [1.807, 2.05) is 6.07 Å². The zero-order chi connectivity index (χ0) is 10.0. The molecule has 13 heavy (non-hydrogen) atoms. The van der Waals surface area contributed by atoms with Gasteiger partial charge in [-0.3, -0.25) is 0 Å². The number of nitriles is 1. The van der Waals surface area contributed by atoms with Gasteiger partial charge in [0.2, 0.25) is 0 Å². The van der Waals surface area contributed by atoms with E-state index in [0.29, 0.717) is 10.2 Å². The van der Waals surface area contributed by atoms with Crippen molar-refractivity contribution < 1.29 is 8.78 Å². The predicted octanol–water partition coefficient (Wildman–Crippen LogP) is 2.09. The lowest BCUT2D eigenvalue weighted by atomic mass is 10.4. The van der Waals surface area contributed by atoms with Gasteiger partial charge in [-0.15, -0.1) is 0 Å². The molecule has 0 N–H and O–H groups in total. The van der Waals surface area contributed by atoms with Crippen molar-refractivity contribution in [2.75, 3.05) is 0 Å². The molecule has 0 saturated carbocycles. The van der Waals surface area contributed by atoms with E-state index in [1.165, 1.54) is 0 Å². The average molecular weight is 250 g/mol. The van der Waals surface area contributed by atoms with Crippen LogP contribution in [0.3, 0.4) is 0 Å². The van der Waals surface area contributed by atoms with Gasteiger partial charge in [0.1, 0.15) is 12.6 Å². The summed E-state index contributed by atoms with van der Waals surface area (Å²) in [4.78, 5) is 0. The number of aryl methyl sites for hydroxylation is 1. The van der Waals surface area contributed by atoms with Crippen LogP contribution in [0.1, 0.15) is 11.4 Å². The molecule has 0 aliphatic heterocycles. The third-order valence-electron chi connectivity index (χ3n) is 1.47. The van der Waals surface area contributed by atoms with Gasteiger partial charge in [-0.25, -0.2) is 13.5 Å². The minimum Gasteiger partial charge on any atom is -0.248 e. The summed E-state index contributed by atoms with van der Waals surface area (Å²) in [5, 5.41) is 12.4. The molecule has 1 rings (SSSR count). The Morgan fingerprint density at radius 1 is 1.69 bits per heavy atom. The maximum Gasteiger partial charge on any atom is 0.257 e. The van der Waals surface area contributed by atoms with E-state index in [0.717, 1.165) is 4.68 Å². The van der Waals surface area contributed by atoms with Crippen LogP contribution >= 0.6 is 15.9 Å². The minimum absolute atomic E-state index is 0.137. The van der Waals surface area contributed by atoms with E-state index in [-0.39, 0.29) is 5.69 Å². The Bertz CT molecular complexity index is 353. The highest BCUT2D eigenvalue weighted by atomic mass is 79.9. The van der Waals surface area contributed by atoms with Crippen molar-refractivity contribution in [2.45, 2.75) is 19.9 Å². The molecule has 0 bridgehead atoms. The summed E-state index contributed by atoms with van der Waals surface area (Å²) in [6.45, 7) is 1.10. The topological polar surface area (TPSA) is 41.6 Å². The fraction of sp³-hybridized carbons (Fsp3) is 0.429. The van der Waals surface area contributed by atoms with Crippen LogP contribution in [0, 0.1) is 18.3 Å². The molecule has 3 nitrogen and oxygen atoms in total. The molecule has 0 atom stereocenters. The molecule has 0 unspecified atom stereocenters. The largest absolute Gasteiger partial charge is 0.257 e. The predicted molar refractivity (Wildman–Crippen MR) is 45.4 cm³/mol. The lowest BCUT2D eigenvalue weighted by molar-refractivity contribution is 0.121. The number of rotatable bonds is 2. The SMILES string of the molecule is Cc1nn(CC(F)F)c(C#N)c1Br. The van der Waals surface area contributed by atoms with Crippen molar-refractivity contribution in [1.82, 2.24) is 9.78 Å². The molecule has 0 amide bonds. The third-order valence-corrected chi connectivity index (χ3v) is 2.42. The lowest BCUT2D eigenvalue weighted by Crippen LogP contribution is -2.10. The van der Waals surface area contributed by atoms with Crippen molar-refractivity contribution >= 4 is 15.9 Å². The first-order valence-corrected chi connectivity index (χ1v) is 4.26. The minimum atomic E-state index is -2.50. The quantitative estimate of drug-likeness (QED) is 0.806. The highest BCUT2D eigenvalue weighted by Crippen LogP contribution is 2.20. The smallest absolute Gasteiger partial charge is 0.248 e. The number of hydrogen-bond donors (Lipinski definition) is 0. The second-order valence-corrected chi connectivity index (χ2v) is 3.23. The van der Waals surface area contributed by atoms with Crippen molar-refractivity contribution in [3.05, 3.63) is 15.9 Å². The Morgan fingerprint density at radius 2 is 2.31 bits per heavy atom. The lowest BCUT2D eigenvalue weighted by Gasteiger charge is -2.00. The Labute approximate surface area is 82.1 Å². The number of nitrogens with zero attached hydrogens (tertiary/aromatic N) is 3. The van der Waals surface area contributed by atoms with Crippen LogP contribution in [0.25, 0.3) is 0 Å². The van der Waals surface area contributed by atoms with E-state index >= 15 is 0 Å². The van der Waals surface area contributed by atoms with E-state index in [1.54, 1.807) is 6.92 Å². The molecule has 0 fully saturated rings. The summed E-state index contributed by atoms with van der Waals surface area (Å²) in [5.74, 6) is 0. The molecular formula is C7H6BrF2N3. The van der Waals surface area contributed by atoms with E-state index in [2.05, 4.69) is 21.0 Å². The molecule has 1 aromatic heterocycles. The third kappa shape index (κ3) is 2.04. The van der Waals surface area contributed by atoms with Crippen LogP contribution in [-0.4, -0.2) is 16.2 Å². The van der Waals surface area contributed by atoms with Crippen molar-refractivity contribution in [1.29, 1.82) is 5.26 Å². The van der Waals surface area contributed by atoms with Crippen molar-refractivity contribution in [2.24, 2.45) is 0 Å². The fourth-order valence-electron chi connectivity index (χ4n) is 0.929. The monoisotopic (exact) mass is 249 g/mol. The highest BCUT2D eigenvalue weighted by Gasteiger charge is 2.15. The number of alkyl halides is 2. The maximum absolute atomic E-state index is 12.0. The van der Waals surface area contributed by atoms with E-state index < -0.39 is 13.0 Å². The Kier molecular flexibility index (Phi) is 2.98. The van der Waals surface area contributed by atoms with Gasteiger partial charge in [0, 0.05) is 0 Å². The molecule has 0 aromatic carbocycles. The van der Waals surface area contributed by atoms with Gasteiger partial charge in [0.25, 0.3) is 6.43 Å². The fourth-order valence-corrected chi connectivity index (χ4v) is 1.30. The molecule has 0 saturated heterocycles.